The smallest absolute Gasteiger partial charge is 0.790 e. The molecule has 97 heavy (non-hydrogen) atoms. The Morgan fingerprint density at radius 2 is 0.670 bits per heavy atom. The zero-order chi connectivity index (χ0) is 68.2. The van der Waals surface area contributed by atoms with Gasteiger partial charge in [-0.05, 0) is 24.3 Å². The number of nitrogens with zero attached hydrogens (tertiary/aromatic N) is 4. The number of esters is 1. The number of phosphoric acid groups is 4. The third-order valence-corrected chi connectivity index (χ3v) is 14.9. The van der Waals surface area contributed by atoms with Gasteiger partial charge in [-0.3, -0.25) is 13.9 Å². The molecule has 8 N–H and O–H groups in total. The van der Waals surface area contributed by atoms with Crippen LogP contribution in [0.15, 0.2) is 98.1 Å². The first-order chi connectivity index (χ1) is 42.1. The molecule has 0 bridgehead atoms. The molecule has 0 aromatic carbocycles. The van der Waals surface area contributed by atoms with Crippen molar-refractivity contribution in [3.05, 3.63) is 120 Å². The number of aromatic carboxylic acids is 4. The molecule has 4 aromatic rings. The number of aromatic nitrogens is 4. The second-order valence-corrected chi connectivity index (χ2v) is 24.2. The van der Waals surface area contributed by atoms with Gasteiger partial charge in [0.05, 0.1) is 94.3 Å². The fourth-order valence-electron chi connectivity index (χ4n) is 8.73. The van der Waals surface area contributed by atoms with E-state index < -0.39 is 186 Å². The topological polar surface area (TPSA) is 645 Å². The van der Waals surface area contributed by atoms with Crippen LogP contribution in [-0.4, -0.2) is 164 Å². The summed E-state index contributed by atoms with van der Waals surface area (Å²) in [7, 11) is -20.4. The van der Waals surface area contributed by atoms with Crippen molar-refractivity contribution in [1.29, 1.82) is 0 Å². The predicted molar refractivity (Wildman–Crippen MR) is 259 cm³/mol. The average molecular weight is 1580 g/mol. The third kappa shape index (κ3) is 33.1. The number of carbonyl (C=O) groups is 5. The normalized spacial score (nSPS) is 27.3. The number of phosphoric ester groups is 4. The summed E-state index contributed by atoms with van der Waals surface area (Å²) in [6.45, 7) is 0.146. The largest absolute Gasteiger partial charge is 1.00 e. The van der Waals surface area contributed by atoms with Crippen molar-refractivity contribution in [2.45, 2.75) is 106 Å². The number of ether oxygens (including phenoxy) is 5. The average Bonchev–Trinajstić information content (AvgIpc) is 1.68. The second kappa shape index (κ2) is 46.1. The monoisotopic (exact) mass is 1580 g/mol. The van der Waals surface area contributed by atoms with Crippen molar-refractivity contribution in [2.24, 2.45) is 5.92 Å². The minimum Gasteiger partial charge on any atom is -0.790 e. The van der Waals surface area contributed by atoms with E-state index in [9.17, 15) is 123 Å². The Hall–Kier alpha value is 2.54. The van der Waals surface area contributed by atoms with Gasteiger partial charge in [0.25, 0.3) is 34.3 Å². The van der Waals surface area contributed by atoms with E-state index >= 15 is 0 Å². The number of rotatable bonds is 21. The standard InChI is InChI=1S/C14H18NO9P.3C11H14NO9P.4K.2Na/c1-8-11(7-22-25(19,20)21)24-13(12(8)23-9(2)16)15-5-3-4-10(6-15)14(17)18;3*13-8-7(5-20-22(17,18)19)21-10(9(8)14)12-3-1-2-6(4-12)11(15)16;;;;;;/h3-6,8,11-13H,7H2,1-2H3,(H2-,17,18,19,20,21);3*1-4,7-10,13-14H,5H2,(H2-,15,16,17,18,19);;;;;;/q;;;;6*+1/p-6/t8-,11-,12-,13-;3*7-,8-,9-,10-;;;;;;/m1111....../s1. The molecule has 0 saturated carbocycles. The maximum atomic E-state index is 11.4. The molecule has 0 spiro atoms. The van der Waals surface area contributed by atoms with Crippen LogP contribution in [0, 0.1) is 5.92 Å². The van der Waals surface area contributed by atoms with E-state index in [-0.39, 0.29) is 287 Å². The SMILES string of the molecule is CC(=O)O[C@@H]1[C@H](C)[C@@H](COP(=O)([O-])O)O[C@H]1[n+]1cccc(C(=O)[O-])c1.O=C([O-])c1ccc[n+]([C@@H]2O[C@H](COP(=O)([O-])O)[C@@H](O)[C@H]2O)c1.O=C([O-])c1ccc[n+]([C@@H]2O[C@H](COP(=O)([O-])[O-])[C@@H](O)[C@H]2O)c1.O=C([O-])c1ccc[n+]([C@@H]2O[C@H](COP(=O)([O-])[O-])[C@@H](O)[C@H]2O)c1.[K+].[K+].[K+].[K+].[Na+].[Na+]. The summed E-state index contributed by atoms with van der Waals surface area (Å²) in [5.74, 6) is -6.78. The van der Waals surface area contributed by atoms with Gasteiger partial charge >= 0.3 is 277 Å². The number of hydrogen-bond acceptors (Lipinski definition) is 34. The molecule has 504 valence electrons. The second-order valence-electron chi connectivity index (χ2n) is 19.5. The van der Waals surface area contributed by atoms with Crippen molar-refractivity contribution < 1.29 is 457 Å². The molecule has 0 amide bonds. The number of aliphatic hydroxyl groups is 6. The molecule has 4 aliphatic rings. The number of hydrogen-bond donors (Lipinski definition) is 8. The van der Waals surface area contributed by atoms with Gasteiger partial charge in [0.2, 0.25) is 0 Å². The van der Waals surface area contributed by atoms with Crippen LogP contribution in [0.4, 0.5) is 0 Å². The first-order valence-electron chi connectivity index (χ1n) is 25.6. The Kier molecular flexibility index (Phi) is 48.3. The summed E-state index contributed by atoms with van der Waals surface area (Å²) in [6.07, 6.45) is -8.51. The summed E-state index contributed by atoms with van der Waals surface area (Å²) in [4.78, 5) is 135. The van der Waals surface area contributed by atoms with Gasteiger partial charge in [-0.1, -0.05) is 6.92 Å². The summed E-state index contributed by atoms with van der Waals surface area (Å²) >= 11 is 0. The molecule has 40 nitrogen and oxygen atoms in total. The summed E-state index contributed by atoms with van der Waals surface area (Å²) in [5, 5.41) is 102. The summed E-state index contributed by atoms with van der Waals surface area (Å²) in [5.41, 5.74) is -0.654. The first-order valence-corrected chi connectivity index (χ1v) is 31.5. The number of aliphatic hydroxyl groups excluding tert-OH is 6. The van der Waals surface area contributed by atoms with Crippen molar-refractivity contribution in [3.63, 3.8) is 0 Å². The summed E-state index contributed by atoms with van der Waals surface area (Å²) < 4.78 is 90.2. The van der Waals surface area contributed by atoms with Gasteiger partial charge in [0.1, 0.15) is 36.6 Å². The Morgan fingerprint density at radius 1 is 0.433 bits per heavy atom. The van der Waals surface area contributed by atoms with Gasteiger partial charge in [0.15, 0.2) is 74.0 Å². The Balaban J connectivity index is 0. The molecule has 4 saturated heterocycles. The van der Waals surface area contributed by atoms with Crippen LogP contribution in [0.1, 0.15) is 80.2 Å². The molecule has 50 heteroatoms. The Labute approximate surface area is 763 Å². The number of carbonyl (C=O) groups excluding carboxylic acids is 5. The molecule has 2 unspecified atom stereocenters. The van der Waals surface area contributed by atoms with Crippen LogP contribution in [0.5, 0.6) is 0 Å². The van der Waals surface area contributed by atoms with E-state index in [4.69, 9.17) is 33.5 Å². The van der Waals surface area contributed by atoms with E-state index in [0.29, 0.717) is 0 Å². The maximum Gasteiger partial charge on any atom is 1.00 e. The molecule has 4 fully saturated rings. The Morgan fingerprint density at radius 3 is 0.907 bits per heavy atom. The van der Waals surface area contributed by atoms with Crippen molar-refractivity contribution >= 4 is 61.1 Å². The van der Waals surface area contributed by atoms with Crippen LogP contribution < -0.4 is 333 Å². The van der Waals surface area contributed by atoms with Crippen molar-refractivity contribution in [1.82, 2.24) is 0 Å². The van der Waals surface area contributed by atoms with Gasteiger partial charge in [-0.15, -0.1) is 0 Å². The quantitative estimate of drug-likeness (QED) is 0.0166. The molecule has 4 aliphatic heterocycles. The minimum atomic E-state index is -5.24. The molecular formula is C47H54K4N4Na2O36P4. The fraction of sp³-hybridized carbons (Fsp3) is 0.468. The summed E-state index contributed by atoms with van der Waals surface area (Å²) in [6, 6.07) is 10.7. The fourth-order valence-corrected chi connectivity index (χ4v) is 10.1. The van der Waals surface area contributed by atoms with E-state index in [1.54, 1.807) is 6.92 Å². The van der Waals surface area contributed by atoms with E-state index in [0.717, 1.165) is 18.6 Å². The number of carboxylic acids is 4. The third-order valence-electron chi connectivity index (χ3n) is 13.0. The molecule has 0 radical (unpaired) electrons. The first kappa shape index (κ1) is 102. The number of carboxylic acid groups (broad SMARTS) is 4. The van der Waals surface area contributed by atoms with Crippen LogP contribution >= 0.6 is 31.3 Å². The van der Waals surface area contributed by atoms with E-state index in [1.165, 1.54) is 105 Å². The zero-order valence-corrected chi connectivity index (χ0v) is 72.5. The van der Waals surface area contributed by atoms with Gasteiger partial charge in [-0.25, -0.2) is 0 Å². The van der Waals surface area contributed by atoms with Crippen LogP contribution in [0.3, 0.4) is 0 Å². The van der Waals surface area contributed by atoms with Crippen molar-refractivity contribution in [3.8, 4) is 0 Å². The Bertz CT molecular complexity index is 3170. The van der Waals surface area contributed by atoms with Crippen LogP contribution in [0.2, 0.25) is 0 Å². The van der Waals surface area contributed by atoms with Gasteiger partial charge in [0, 0.05) is 37.1 Å². The van der Waals surface area contributed by atoms with Gasteiger partial charge < -0.3 is 160 Å². The van der Waals surface area contributed by atoms with Crippen LogP contribution in [-0.2, 0) is 64.8 Å². The molecule has 8 heterocycles. The minimum absolute atomic E-state index is 0. The zero-order valence-electron chi connectivity index (χ0n) is 52.4. The van der Waals surface area contributed by atoms with E-state index in [1.807, 2.05) is 0 Å². The van der Waals surface area contributed by atoms with Gasteiger partial charge in [-0.2, -0.15) is 18.3 Å². The molecular weight excluding hydrogens is 1520 g/mol. The van der Waals surface area contributed by atoms with Crippen LogP contribution in [0.25, 0.3) is 0 Å². The maximum absolute atomic E-state index is 11.4. The molecule has 18 atom stereocenters. The van der Waals surface area contributed by atoms with E-state index in [2.05, 4.69) is 18.1 Å². The molecule has 0 aliphatic carbocycles. The predicted octanol–water partition coefficient (Wildman–Crippen LogP) is -31.7. The molecule has 8 rings (SSSR count). The number of pyridine rings is 4. The van der Waals surface area contributed by atoms with Crippen molar-refractivity contribution in [2.75, 3.05) is 26.4 Å². The molecule has 4 aromatic heterocycles.